The van der Waals surface area contributed by atoms with Gasteiger partial charge in [-0.25, -0.2) is 0 Å². The minimum atomic E-state index is 0.437. The molecule has 3 nitrogen and oxygen atoms in total. The van der Waals surface area contributed by atoms with E-state index in [0.717, 1.165) is 6.61 Å². The molecule has 2 fully saturated rings. The van der Waals surface area contributed by atoms with Crippen LogP contribution in [0.15, 0.2) is 0 Å². The Labute approximate surface area is 106 Å². The highest BCUT2D eigenvalue weighted by molar-refractivity contribution is 4.85. The lowest BCUT2D eigenvalue weighted by Gasteiger charge is -2.39. The van der Waals surface area contributed by atoms with Crippen LogP contribution in [0, 0.1) is 5.41 Å². The Morgan fingerprint density at radius 2 is 2.06 bits per heavy atom. The van der Waals surface area contributed by atoms with Crippen LogP contribution in [0.4, 0.5) is 0 Å². The van der Waals surface area contributed by atoms with Crippen molar-refractivity contribution in [1.29, 1.82) is 0 Å². The van der Waals surface area contributed by atoms with Gasteiger partial charge >= 0.3 is 0 Å². The molecular weight excluding hydrogens is 212 g/mol. The van der Waals surface area contributed by atoms with Gasteiger partial charge in [-0.05, 0) is 58.2 Å². The molecule has 2 rings (SSSR count). The van der Waals surface area contributed by atoms with Gasteiger partial charge in [-0.1, -0.05) is 6.92 Å². The first-order valence-corrected chi connectivity index (χ1v) is 7.11. The summed E-state index contributed by atoms with van der Waals surface area (Å²) in [5, 5.41) is 3.78. The summed E-state index contributed by atoms with van der Waals surface area (Å²) in [5.41, 5.74) is 0.508. The van der Waals surface area contributed by atoms with Gasteiger partial charge in [0.1, 0.15) is 0 Å². The van der Waals surface area contributed by atoms with Crippen LogP contribution in [-0.4, -0.2) is 50.3 Å². The highest BCUT2D eigenvalue weighted by Crippen LogP contribution is 2.30. The molecule has 0 bridgehead atoms. The third-order valence-electron chi connectivity index (χ3n) is 4.50. The van der Waals surface area contributed by atoms with Crippen LogP contribution in [0.3, 0.4) is 0 Å². The molecule has 0 spiro atoms. The summed E-state index contributed by atoms with van der Waals surface area (Å²) in [6, 6.07) is 0.676. The lowest BCUT2D eigenvalue weighted by molar-refractivity contribution is 0.00992. The number of nitrogens with zero attached hydrogens (tertiary/aromatic N) is 1. The maximum atomic E-state index is 5.59. The zero-order chi connectivity index (χ0) is 12.3. The number of likely N-dealkylation sites (tertiary alicyclic amines) is 1. The van der Waals surface area contributed by atoms with Crippen molar-refractivity contribution in [2.45, 2.75) is 51.7 Å². The summed E-state index contributed by atoms with van der Waals surface area (Å²) in [6.45, 7) is 9.24. The number of nitrogens with one attached hydrogen (secondary N) is 1. The molecule has 0 radical (unpaired) electrons. The second-order valence-electron chi connectivity index (χ2n) is 6.40. The summed E-state index contributed by atoms with van der Waals surface area (Å²) >= 11 is 0. The minimum absolute atomic E-state index is 0.437. The van der Waals surface area contributed by atoms with Gasteiger partial charge in [-0.15, -0.1) is 0 Å². The molecule has 0 aromatic carbocycles. The SMILES string of the molecule is CC1CC(NCC2(C)CCN(C)CC2)CCO1. The van der Waals surface area contributed by atoms with Crippen molar-refractivity contribution in [3.8, 4) is 0 Å². The van der Waals surface area contributed by atoms with E-state index in [1.54, 1.807) is 0 Å². The average molecular weight is 240 g/mol. The zero-order valence-electron chi connectivity index (χ0n) is 11.7. The van der Waals surface area contributed by atoms with Gasteiger partial charge in [-0.3, -0.25) is 0 Å². The normalized spacial score (nSPS) is 34.8. The Morgan fingerprint density at radius 3 is 2.71 bits per heavy atom. The van der Waals surface area contributed by atoms with E-state index in [2.05, 4.69) is 31.1 Å². The first-order chi connectivity index (χ1) is 8.07. The topological polar surface area (TPSA) is 24.5 Å². The molecule has 17 heavy (non-hydrogen) atoms. The largest absolute Gasteiger partial charge is 0.378 e. The van der Waals surface area contributed by atoms with Crippen molar-refractivity contribution in [1.82, 2.24) is 10.2 Å². The van der Waals surface area contributed by atoms with E-state index in [1.165, 1.54) is 45.3 Å². The fraction of sp³-hybridized carbons (Fsp3) is 1.00. The first-order valence-electron chi connectivity index (χ1n) is 7.11. The lowest BCUT2D eigenvalue weighted by Crippen LogP contribution is -2.46. The third kappa shape index (κ3) is 3.94. The summed E-state index contributed by atoms with van der Waals surface area (Å²) in [4.78, 5) is 2.44. The molecule has 0 aromatic heterocycles. The van der Waals surface area contributed by atoms with Gasteiger partial charge in [0.25, 0.3) is 0 Å². The number of piperidine rings is 1. The molecule has 2 aliphatic rings. The lowest BCUT2D eigenvalue weighted by atomic mass is 9.80. The van der Waals surface area contributed by atoms with Crippen LogP contribution < -0.4 is 5.32 Å². The molecule has 100 valence electrons. The monoisotopic (exact) mass is 240 g/mol. The number of rotatable bonds is 3. The van der Waals surface area contributed by atoms with E-state index in [1.807, 2.05) is 0 Å². The highest BCUT2D eigenvalue weighted by atomic mass is 16.5. The number of ether oxygens (including phenoxy) is 1. The molecule has 0 aliphatic carbocycles. The van der Waals surface area contributed by atoms with Crippen LogP contribution in [0.5, 0.6) is 0 Å². The van der Waals surface area contributed by atoms with E-state index in [4.69, 9.17) is 4.74 Å². The van der Waals surface area contributed by atoms with Crippen LogP contribution in [0.2, 0.25) is 0 Å². The molecule has 2 saturated heterocycles. The van der Waals surface area contributed by atoms with Crippen molar-refractivity contribution in [2.75, 3.05) is 33.3 Å². The van der Waals surface area contributed by atoms with Crippen LogP contribution in [0.1, 0.15) is 39.5 Å². The van der Waals surface area contributed by atoms with Gasteiger partial charge in [0, 0.05) is 19.2 Å². The van der Waals surface area contributed by atoms with Gasteiger partial charge in [0.15, 0.2) is 0 Å². The highest BCUT2D eigenvalue weighted by Gasteiger charge is 2.30. The Hall–Kier alpha value is -0.120. The predicted octanol–water partition coefficient (Wildman–Crippen LogP) is 1.88. The molecule has 2 aliphatic heterocycles. The van der Waals surface area contributed by atoms with Crippen LogP contribution in [-0.2, 0) is 4.74 Å². The summed E-state index contributed by atoms with van der Waals surface area (Å²) < 4.78 is 5.59. The summed E-state index contributed by atoms with van der Waals surface area (Å²) in [7, 11) is 2.23. The smallest absolute Gasteiger partial charge is 0.0561 e. The Balaban J connectivity index is 1.73. The third-order valence-corrected chi connectivity index (χ3v) is 4.50. The maximum absolute atomic E-state index is 5.59. The summed E-state index contributed by atoms with van der Waals surface area (Å²) in [5.74, 6) is 0. The second kappa shape index (κ2) is 5.68. The molecule has 2 heterocycles. The van der Waals surface area contributed by atoms with Crippen molar-refractivity contribution in [2.24, 2.45) is 5.41 Å². The van der Waals surface area contributed by atoms with Gasteiger partial charge in [0.2, 0.25) is 0 Å². The first kappa shape index (κ1) is 13.3. The van der Waals surface area contributed by atoms with Crippen LogP contribution >= 0.6 is 0 Å². The molecule has 0 saturated carbocycles. The van der Waals surface area contributed by atoms with Crippen molar-refractivity contribution in [3.63, 3.8) is 0 Å². The minimum Gasteiger partial charge on any atom is -0.378 e. The van der Waals surface area contributed by atoms with Crippen molar-refractivity contribution in [3.05, 3.63) is 0 Å². The molecule has 2 unspecified atom stereocenters. The Morgan fingerprint density at radius 1 is 1.35 bits per heavy atom. The van der Waals surface area contributed by atoms with Crippen molar-refractivity contribution >= 4 is 0 Å². The molecule has 1 N–H and O–H groups in total. The molecule has 0 aromatic rings. The van der Waals surface area contributed by atoms with Crippen molar-refractivity contribution < 1.29 is 4.74 Å². The standard InChI is InChI=1S/C14H28N2O/c1-12-10-13(4-9-17-12)15-11-14(2)5-7-16(3)8-6-14/h12-13,15H,4-11H2,1-3H3. The van der Waals surface area contributed by atoms with E-state index in [-0.39, 0.29) is 0 Å². The van der Waals surface area contributed by atoms with E-state index < -0.39 is 0 Å². The molecular formula is C14H28N2O. The van der Waals surface area contributed by atoms with E-state index >= 15 is 0 Å². The molecule has 0 amide bonds. The Bertz CT molecular complexity index is 236. The molecule has 2 atom stereocenters. The fourth-order valence-electron chi connectivity index (χ4n) is 2.91. The number of hydrogen-bond acceptors (Lipinski definition) is 3. The zero-order valence-corrected chi connectivity index (χ0v) is 11.7. The van der Waals surface area contributed by atoms with E-state index in [9.17, 15) is 0 Å². The number of hydrogen-bond donors (Lipinski definition) is 1. The van der Waals surface area contributed by atoms with E-state index in [0.29, 0.717) is 17.6 Å². The predicted molar refractivity (Wildman–Crippen MR) is 71.3 cm³/mol. The van der Waals surface area contributed by atoms with Gasteiger partial charge < -0.3 is 15.0 Å². The van der Waals surface area contributed by atoms with Gasteiger partial charge in [0.05, 0.1) is 6.10 Å². The van der Waals surface area contributed by atoms with Gasteiger partial charge in [-0.2, -0.15) is 0 Å². The fourth-order valence-corrected chi connectivity index (χ4v) is 2.91. The molecule has 3 heteroatoms. The Kier molecular flexibility index (Phi) is 4.45. The summed E-state index contributed by atoms with van der Waals surface area (Å²) in [6.07, 6.45) is 5.45. The quantitative estimate of drug-likeness (QED) is 0.815. The maximum Gasteiger partial charge on any atom is 0.0561 e. The average Bonchev–Trinajstić information content (AvgIpc) is 2.31. The van der Waals surface area contributed by atoms with Crippen LogP contribution in [0.25, 0.3) is 0 Å². The second-order valence-corrected chi connectivity index (χ2v) is 6.40.